The third-order valence-electron chi connectivity index (χ3n) is 2.38. The third kappa shape index (κ3) is 4.66. The third-order valence-corrected chi connectivity index (χ3v) is 2.38. The fourth-order valence-corrected chi connectivity index (χ4v) is 1.61. The van der Waals surface area contributed by atoms with E-state index < -0.39 is 24.0 Å². The fraction of sp³-hybridized carbons (Fsp3) is 0.357. The molecule has 0 aliphatic carbocycles. The second kappa shape index (κ2) is 7.51. The van der Waals surface area contributed by atoms with E-state index in [1.807, 2.05) is 0 Å². The van der Waals surface area contributed by atoms with E-state index in [4.69, 9.17) is 18.9 Å². The Kier molecular flexibility index (Phi) is 6.01. The number of hydrogen-bond donors (Lipinski definition) is 0. The molecular formula is C14H16O7. The van der Waals surface area contributed by atoms with E-state index in [2.05, 4.69) is 0 Å². The van der Waals surface area contributed by atoms with Gasteiger partial charge in [0, 0.05) is 34.1 Å². The Balaban J connectivity index is 3.20. The molecule has 1 aromatic carbocycles. The summed E-state index contributed by atoms with van der Waals surface area (Å²) >= 11 is 0. The molecule has 0 radical (unpaired) electrons. The van der Waals surface area contributed by atoms with Crippen LogP contribution in [0.3, 0.4) is 0 Å². The van der Waals surface area contributed by atoms with Crippen LogP contribution in [-0.2, 0) is 19.1 Å². The van der Waals surface area contributed by atoms with Crippen molar-refractivity contribution in [2.24, 2.45) is 0 Å². The number of esters is 2. The second-order valence-electron chi connectivity index (χ2n) is 4.01. The Labute approximate surface area is 121 Å². The number of Topliss-reactive ketones (excluding diaryl/α,β-unsaturated/α-hetero) is 1. The van der Waals surface area contributed by atoms with Crippen LogP contribution in [0.25, 0.3) is 0 Å². The van der Waals surface area contributed by atoms with E-state index in [0.717, 1.165) is 0 Å². The molecule has 7 nitrogen and oxygen atoms in total. The summed E-state index contributed by atoms with van der Waals surface area (Å²) in [5.41, 5.74) is 0.0785. The molecule has 0 aromatic heterocycles. The summed E-state index contributed by atoms with van der Waals surface area (Å²) in [5, 5.41) is 0. The molecule has 114 valence electrons. The summed E-state index contributed by atoms with van der Waals surface area (Å²) in [6.07, 6.45) is -1.13. The van der Waals surface area contributed by atoms with Crippen LogP contribution in [0.4, 0.5) is 0 Å². The van der Waals surface area contributed by atoms with Crippen molar-refractivity contribution < 1.29 is 33.3 Å². The lowest BCUT2D eigenvalue weighted by Gasteiger charge is -2.15. The molecule has 21 heavy (non-hydrogen) atoms. The summed E-state index contributed by atoms with van der Waals surface area (Å²) in [4.78, 5) is 34.2. The van der Waals surface area contributed by atoms with Gasteiger partial charge in [-0.1, -0.05) is 0 Å². The van der Waals surface area contributed by atoms with Crippen molar-refractivity contribution in [3.63, 3.8) is 0 Å². The largest absolute Gasteiger partial charge is 0.427 e. The van der Waals surface area contributed by atoms with Crippen LogP contribution < -0.4 is 9.47 Å². The first-order chi connectivity index (χ1) is 9.88. The van der Waals surface area contributed by atoms with E-state index in [1.54, 1.807) is 0 Å². The lowest BCUT2D eigenvalue weighted by molar-refractivity contribution is -0.132. The van der Waals surface area contributed by atoms with E-state index >= 15 is 0 Å². The number of carbonyl (C=O) groups is 3. The summed E-state index contributed by atoms with van der Waals surface area (Å²) in [5.74, 6) is -1.55. The fourth-order valence-electron chi connectivity index (χ4n) is 1.61. The molecule has 0 aliphatic rings. The van der Waals surface area contributed by atoms with Gasteiger partial charge >= 0.3 is 11.9 Å². The molecule has 1 rings (SSSR count). The van der Waals surface area contributed by atoms with Crippen LogP contribution in [0.15, 0.2) is 18.2 Å². The Morgan fingerprint density at radius 2 is 1.52 bits per heavy atom. The van der Waals surface area contributed by atoms with Gasteiger partial charge in [-0.3, -0.25) is 14.4 Å². The number of methoxy groups -OCH3 is 2. The number of carbonyl (C=O) groups excluding carboxylic acids is 3. The van der Waals surface area contributed by atoms with Crippen LogP contribution >= 0.6 is 0 Å². The number of ether oxygens (including phenoxy) is 4. The van der Waals surface area contributed by atoms with Gasteiger partial charge in [0.1, 0.15) is 11.5 Å². The van der Waals surface area contributed by atoms with Gasteiger partial charge in [0.15, 0.2) is 0 Å². The Morgan fingerprint density at radius 1 is 0.952 bits per heavy atom. The Hall–Kier alpha value is -2.25. The smallest absolute Gasteiger partial charge is 0.308 e. The quantitative estimate of drug-likeness (QED) is 0.339. The molecule has 0 N–H and O–H groups in total. The second-order valence-corrected chi connectivity index (χ2v) is 4.01. The van der Waals surface area contributed by atoms with Crippen LogP contribution in [0.5, 0.6) is 11.5 Å². The standard InChI is InChI=1S/C14H16O7/c1-8(15)20-10-5-6-11(12(7-10)21-9(2)16)13(17)14(18-3)19-4/h5-7,14H,1-4H3. The first-order valence-electron chi connectivity index (χ1n) is 5.99. The maximum atomic E-state index is 12.2. The van der Waals surface area contributed by atoms with Crippen LogP contribution in [0.2, 0.25) is 0 Å². The van der Waals surface area contributed by atoms with E-state index in [0.29, 0.717) is 0 Å². The van der Waals surface area contributed by atoms with Crippen LogP contribution in [0.1, 0.15) is 24.2 Å². The lowest BCUT2D eigenvalue weighted by Crippen LogP contribution is -2.25. The molecule has 0 heterocycles. The minimum Gasteiger partial charge on any atom is -0.427 e. The highest BCUT2D eigenvalue weighted by Gasteiger charge is 2.24. The zero-order valence-corrected chi connectivity index (χ0v) is 12.2. The topological polar surface area (TPSA) is 88.1 Å². The van der Waals surface area contributed by atoms with Crippen molar-refractivity contribution in [2.75, 3.05) is 14.2 Å². The number of ketones is 1. The van der Waals surface area contributed by atoms with E-state index in [1.165, 1.54) is 46.3 Å². The number of rotatable bonds is 6. The average molecular weight is 296 g/mol. The highest BCUT2D eigenvalue weighted by Crippen LogP contribution is 2.27. The van der Waals surface area contributed by atoms with Crippen LogP contribution in [-0.4, -0.2) is 38.2 Å². The van der Waals surface area contributed by atoms with Gasteiger partial charge < -0.3 is 18.9 Å². The minimum absolute atomic E-state index is 0.0367. The molecule has 0 bridgehead atoms. The zero-order chi connectivity index (χ0) is 16.0. The predicted molar refractivity (Wildman–Crippen MR) is 71.2 cm³/mol. The van der Waals surface area contributed by atoms with Gasteiger partial charge in [0.25, 0.3) is 0 Å². The monoisotopic (exact) mass is 296 g/mol. The maximum Gasteiger partial charge on any atom is 0.308 e. The molecule has 1 aromatic rings. The Morgan fingerprint density at radius 3 is 2.00 bits per heavy atom. The molecule has 0 amide bonds. The predicted octanol–water partition coefficient (Wildman–Crippen LogP) is 1.34. The maximum absolute atomic E-state index is 12.2. The molecule has 0 saturated heterocycles. The van der Waals surface area contributed by atoms with Crippen molar-refractivity contribution in [1.29, 1.82) is 0 Å². The molecule has 7 heteroatoms. The first kappa shape index (κ1) is 16.8. The van der Waals surface area contributed by atoms with Gasteiger partial charge in [-0.15, -0.1) is 0 Å². The van der Waals surface area contributed by atoms with Gasteiger partial charge in [-0.2, -0.15) is 0 Å². The van der Waals surface area contributed by atoms with E-state index in [9.17, 15) is 14.4 Å². The van der Waals surface area contributed by atoms with Gasteiger partial charge in [0.05, 0.1) is 5.56 Å². The van der Waals surface area contributed by atoms with E-state index in [-0.39, 0.29) is 17.1 Å². The molecule has 0 saturated carbocycles. The minimum atomic E-state index is -1.13. The highest BCUT2D eigenvalue weighted by atomic mass is 16.7. The Bertz CT molecular complexity index is 546. The highest BCUT2D eigenvalue weighted by molar-refractivity contribution is 6.01. The van der Waals surface area contributed by atoms with Crippen molar-refractivity contribution in [1.82, 2.24) is 0 Å². The van der Waals surface area contributed by atoms with Crippen molar-refractivity contribution in [3.05, 3.63) is 23.8 Å². The van der Waals surface area contributed by atoms with Crippen molar-refractivity contribution in [3.8, 4) is 11.5 Å². The van der Waals surface area contributed by atoms with Gasteiger partial charge in [-0.05, 0) is 12.1 Å². The van der Waals surface area contributed by atoms with Gasteiger partial charge in [-0.25, -0.2) is 0 Å². The number of benzene rings is 1. The molecule has 0 spiro atoms. The number of hydrogen-bond acceptors (Lipinski definition) is 7. The van der Waals surface area contributed by atoms with Gasteiger partial charge in [0.2, 0.25) is 12.1 Å². The van der Waals surface area contributed by atoms with Crippen molar-refractivity contribution >= 4 is 17.7 Å². The summed E-state index contributed by atoms with van der Waals surface area (Å²) in [6.45, 7) is 2.42. The van der Waals surface area contributed by atoms with Crippen molar-refractivity contribution in [2.45, 2.75) is 20.1 Å². The summed E-state index contributed by atoms with van der Waals surface area (Å²) in [6, 6.07) is 4.05. The molecule has 0 atom stereocenters. The SMILES string of the molecule is COC(OC)C(=O)c1ccc(OC(C)=O)cc1OC(C)=O. The zero-order valence-electron chi connectivity index (χ0n) is 12.2. The lowest BCUT2D eigenvalue weighted by atomic mass is 10.1. The first-order valence-corrected chi connectivity index (χ1v) is 5.99. The summed E-state index contributed by atoms with van der Waals surface area (Å²) in [7, 11) is 2.62. The molecular weight excluding hydrogens is 280 g/mol. The molecule has 0 aliphatic heterocycles. The van der Waals surface area contributed by atoms with Crippen LogP contribution in [0, 0.1) is 0 Å². The average Bonchev–Trinajstić information content (AvgIpc) is 2.38. The molecule has 0 fully saturated rings. The normalized spacial score (nSPS) is 10.3. The summed E-state index contributed by atoms with van der Waals surface area (Å²) < 4.78 is 19.6. The molecule has 0 unspecified atom stereocenters.